The topological polar surface area (TPSA) is 56.1 Å². The lowest BCUT2D eigenvalue weighted by Gasteiger charge is -2.17. The molecule has 0 bridgehead atoms. The average molecular weight is 169 g/mol. The summed E-state index contributed by atoms with van der Waals surface area (Å²) in [6, 6.07) is 1.84. The zero-order chi connectivity index (χ0) is 9.56. The maximum Gasteiger partial charge on any atom is 0.234 e. The van der Waals surface area contributed by atoms with Crippen LogP contribution in [0.2, 0.25) is 0 Å². The summed E-state index contributed by atoms with van der Waals surface area (Å²) in [7, 11) is 1.75. The predicted octanol–water partition coefficient (Wildman–Crippen LogP) is -0.0336. The van der Waals surface area contributed by atoms with Crippen LogP contribution in [-0.2, 0) is 4.79 Å². The van der Waals surface area contributed by atoms with E-state index in [1.54, 1.807) is 18.9 Å². The van der Waals surface area contributed by atoms with Crippen molar-refractivity contribution in [2.75, 3.05) is 20.1 Å². The lowest BCUT2D eigenvalue weighted by molar-refractivity contribution is -0.122. The van der Waals surface area contributed by atoms with Crippen LogP contribution < -0.4 is 5.32 Å². The quantitative estimate of drug-likeness (QED) is 0.642. The molecule has 1 N–H and O–H groups in total. The third-order valence-corrected chi connectivity index (χ3v) is 1.61. The van der Waals surface area contributed by atoms with Gasteiger partial charge in [0.25, 0.3) is 0 Å². The molecule has 68 valence electrons. The van der Waals surface area contributed by atoms with Crippen molar-refractivity contribution in [1.82, 2.24) is 10.2 Å². The summed E-state index contributed by atoms with van der Waals surface area (Å²) >= 11 is 0. The van der Waals surface area contributed by atoms with Crippen LogP contribution in [0.1, 0.15) is 13.8 Å². The van der Waals surface area contributed by atoms with Crippen molar-refractivity contribution in [3.8, 4) is 6.07 Å². The number of nitrogens with one attached hydrogen (secondary N) is 1. The first-order chi connectivity index (χ1) is 5.61. The summed E-state index contributed by atoms with van der Waals surface area (Å²) in [5.74, 6) is -0.0397. The van der Waals surface area contributed by atoms with Gasteiger partial charge in [0.2, 0.25) is 5.91 Å². The van der Waals surface area contributed by atoms with Gasteiger partial charge in [0.1, 0.15) is 0 Å². The zero-order valence-corrected chi connectivity index (χ0v) is 7.79. The number of amides is 1. The minimum absolute atomic E-state index is 0.0397. The fourth-order valence-electron chi connectivity index (χ4n) is 0.715. The lowest BCUT2D eigenvalue weighted by Crippen LogP contribution is -2.38. The molecule has 0 fully saturated rings. The molecule has 0 saturated heterocycles. The fourth-order valence-corrected chi connectivity index (χ4v) is 0.715. The van der Waals surface area contributed by atoms with E-state index in [1.165, 1.54) is 0 Å². The Bertz CT molecular complexity index is 185. The Kier molecular flexibility index (Phi) is 5.06. The number of nitrogens with zero attached hydrogens (tertiary/aromatic N) is 2. The van der Waals surface area contributed by atoms with Crippen LogP contribution in [0.5, 0.6) is 0 Å². The molecule has 0 spiro atoms. The van der Waals surface area contributed by atoms with Crippen molar-refractivity contribution in [3.05, 3.63) is 0 Å². The molecule has 1 unspecified atom stereocenters. The standard InChI is InChI=1S/C8H15N3O/c1-4-10-8(12)6-11(3)7(2)5-9/h7H,4,6H2,1-3H3,(H,10,12). The molecule has 0 aliphatic rings. The van der Waals surface area contributed by atoms with Gasteiger partial charge in [-0.15, -0.1) is 0 Å². The maximum atomic E-state index is 11.0. The molecule has 4 heteroatoms. The smallest absolute Gasteiger partial charge is 0.234 e. The van der Waals surface area contributed by atoms with Crippen LogP contribution in [0.4, 0.5) is 0 Å². The van der Waals surface area contributed by atoms with Crippen molar-refractivity contribution in [2.45, 2.75) is 19.9 Å². The maximum absolute atomic E-state index is 11.0. The Morgan fingerprint density at radius 3 is 2.75 bits per heavy atom. The average Bonchev–Trinajstić information content (AvgIpc) is 2.03. The molecule has 0 aromatic carbocycles. The van der Waals surface area contributed by atoms with Gasteiger partial charge in [-0.05, 0) is 20.9 Å². The summed E-state index contributed by atoms with van der Waals surface area (Å²) in [6.07, 6.45) is 0. The summed E-state index contributed by atoms with van der Waals surface area (Å²) in [6.45, 7) is 4.54. The van der Waals surface area contributed by atoms with Crippen molar-refractivity contribution < 1.29 is 4.79 Å². The molecule has 0 radical (unpaired) electrons. The van der Waals surface area contributed by atoms with E-state index in [9.17, 15) is 4.79 Å². The van der Waals surface area contributed by atoms with Crippen LogP contribution >= 0.6 is 0 Å². The minimum atomic E-state index is -0.215. The van der Waals surface area contributed by atoms with Gasteiger partial charge in [0, 0.05) is 6.54 Å². The number of likely N-dealkylation sites (N-methyl/N-ethyl adjacent to an activating group) is 2. The molecule has 0 aromatic heterocycles. The predicted molar refractivity (Wildman–Crippen MR) is 46.4 cm³/mol. The summed E-state index contributed by atoms with van der Waals surface area (Å²) in [5, 5.41) is 11.2. The van der Waals surface area contributed by atoms with Crippen LogP contribution in [0.25, 0.3) is 0 Å². The fraction of sp³-hybridized carbons (Fsp3) is 0.750. The molecule has 0 aromatic rings. The second-order valence-electron chi connectivity index (χ2n) is 2.67. The largest absolute Gasteiger partial charge is 0.355 e. The molecule has 1 atom stereocenters. The highest BCUT2D eigenvalue weighted by Gasteiger charge is 2.10. The molecule has 0 aliphatic carbocycles. The van der Waals surface area contributed by atoms with E-state index in [4.69, 9.17) is 5.26 Å². The molecule has 12 heavy (non-hydrogen) atoms. The van der Waals surface area contributed by atoms with Crippen molar-refractivity contribution in [3.63, 3.8) is 0 Å². The molecule has 0 heterocycles. The van der Waals surface area contributed by atoms with E-state index in [0.29, 0.717) is 6.54 Å². The zero-order valence-electron chi connectivity index (χ0n) is 7.79. The van der Waals surface area contributed by atoms with Gasteiger partial charge >= 0.3 is 0 Å². The van der Waals surface area contributed by atoms with Crippen molar-refractivity contribution >= 4 is 5.91 Å². The SMILES string of the molecule is CCNC(=O)CN(C)C(C)C#N. The number of carbonyl (C=O) groups is 1. The lowest BCUT2D eigenvalue weighted by atomic mass is 10.3. The van der Waals surface area contributed by atoms with Gasteiger partial charge in [-0.1, -0.05) is 0 Å². The van der Waals surface area contributed by atoms with Gasteiger partial charge in [0.15, 0.2) is 0 Å². The highest BCUT2D eigenvalue weighted by atomic mass is 16.2. The molecule has 0 aliphatic heterocycles. The molecule has 4 nitrogen and oxygen atoms in total. The van der Waals surface area contributed by atoms with Crippen LogP contribution in [0, 0.1) is 11.3 Å². The second-order valence-corrected chi connectivity index (χ2v) is 2.67. The highest BCUT2D eigenvalue weighted by Crippen LogP contribution is 1.91. The van der Waals surface area contributed by atoms with Gasteiger partial charge in [-0.3, -0.25) is 9.69 Å². The number of carbonyl (C=O) groups excluding carboxylic acids is 1. The third-order valence-electron chi connectivity index (χ3n) is 1.61. The molecule has 0 rings (SSSR count). The number of rotatable bonds is 4. The Labute approximate surface area is 73.2 Å². The monoisotopic (exact) mass is 169 g/mol. The Hall–Kier alpha value is -1.08. The van der Waals surface area contributed by atoms with Crippen molar-refractivity contribution in [1.29, 1.82) is 5.26 Å². The summed E-state index contributed by atoms with van der Waals surface area (Å²) in [4.78, 5) is 12.7. The Morgan fingerprint density at radius 1 is 1.75 bits per heavy atom. The van der Waals surface area contributed by atoms with Gasteiger partial charge in [0.05, 0.1) is 18.7 Å². The van der Waals surface area contributed by atoms with Gasteiger partial charge < -0.3 is 5.32 Å². The van der Waals surface area contributed by atoms with Crippen LogP contribution in [-0.4, -0.2) is 37.0 Å². The van der Waals surface area contributed by atoms with E-state index >= 15 is 0 Å². The minimum Gasteiger partial charge on any atom is -0.355 e. The van der Waals surface area contributed by atoms with E-state index in [-0.39, 0.29) is 18.5 Å². The number of nitriles is 1. The first-order valence-corrected chi connectivity index (χ1v) is 3.98. The first-order valence-electron chi connectivity index (χ1n) is 3.98. The van der Waals surface area contributed by atoms with Gasteiger partial charge in [-0.2, -0.15) is 5.26 Å². The van der Waals surface area contributed by atoms with E-state index < -0.39 is 0 Å². The Balaban J connectivity index is 3.77. The molecular formula is C8H15N3O. The van der Waals surface area contributed by atoms with Crippen LogP contribution in [0.3, 0.4) is 0 Å². The van der Waals surface area contributed by atoms with Gasteiger partial charge in [-0.25, -0.2) is 0 Å². The first kappa shape index (κ1) is 10.9. The van der Waals surface area contributed by atoms with E-state index in [2.05, 4.69) is 11.4 Å². The van der Waals surface area contributed by atoms with E-state index in [1.807, 2.05) is 6.92 Å². The second kappa shape index (κ2) is 5.56. The van der Waals surface area contributed by atoms with E-state index in [0.717, 1.165) is 0 Å². The summed E-state index contributed by atoms with van der Waals surface area (Å²) in [5.41, 5.74) is 0. The van der Waals surface area contributed by atoms with Crippen molar-refractivity contribution in [2.24, 2.45) is 0 Å². The third kappa shape index (κ3) is 3.94. The van der Waals surface area contributed by atoms with Crippen LogP contribution in [0.15, 0.2) is 0 Å². The number of hydrogen-bond donors (Lipinski definition) is 1. The summed E-state index contributed by atoms with van der Waals surface area (Å²) < 4.78 is 0. The number of hydrogen-bond acceptors (Lipinski definition) is 3. The normalized spacial score (nSPS) is 12.2. The highest BCUT2D eigenvalue weighted by molar-refractivity contribution is 5.77. The molecular weight excluding hydrogens is 154 g/mol. The molecule has 1 amide bonds. The molecule has 0 saturated carbocycles. The Morgan fingerprint density at radius 2 is 2.33 bits per heavy atom.